The zero-order valence-electron chi connectivity index (χ0n) is 14.6. The van der Waals surface area contributed by atoms with Crippen molar-refractivity contribution in [3.63, 3.8) is 0 Å². The number of hydrogen-bond donors (Lipinski definition) is 1. The van der Waals surface area contributed by atoms with Gasteiger partial charge in [0.1, 0.15) is 9.88 Å². The third-order valence-corrected chi connectivity index (χ3v) is 6.92. The van der Waals surface area contributed by atoms with E-state index in [0.717, 1.165) is 46.8 Å². The van der Waals surface area contributed by atoms with E-state index in [-0.39, 0.29) is 11.8 Å². The van der Waals surface area contributed by atoms with Gasteiger partial charge in [0.25, 0.3) is 5.91 Å². The van der Waals surface area contributed by atoms with Crippen molar-refractivity contribution in [2.24, 2.45) is 5.92 Å². The molecule has 1 aliphatic heterocycles. The summed E-state index contributed by atoms with van der Waals surface area (Å²) >= 11 is 1.48. The van der Waals surface area contributed by atoms with Gasteiger partial charge in [-0.1, -0.05) is 43.2 Å². The quantitative estimate of drug-likeness (QED) is 0.888. The van der Waals surface area contributed by atoms with Crippen molar-refractivity contribution in [2.45, 2.75) is 44.6 Å². The molecule has 0 unspecified atom stereocenters. The third-order valence-electron chi connectivity index (χ3n) is 5.73. The van der Waals surface area contributed by atoms with E-state index in [2.05, 4.69) is 4.98 Å². The molecular formula is C20H24N2O2S. The normalized spacial score (nSPS) is 26.3. The van der Waals surface area contributed by atoms with E-state index in [0.29, 0.717) is 19.5 Å². The number of nitrogens with zero attached hydrogens (tertiary/aromatic N) is 2. The monoisotopic (exact) mass is 356 g/mol. The number of aryl methyl sites for hydroxylation is 1. The first-order chi connectivity index (χ1) is 12.1. The fourth-order valence-corrected chi connectivity index (χ4v) is 5.24. The lowest BCUT2D eigenvalue weighted by molar-refractivity contribution is -0.0885. The molecule has 132 valence electrons. The topological polar surface area (TPSA) is 53.4 Å². The Morgan fingerprint density at radius 2 is 2.08 bits per heavy atom. The fourth-order valence-electron chi connectivity index (χ4n) is 4.20. The van der Waals surface area contributed by atoms with E-state index in [4.69, 9.17) is 0 Å². The summed E-state index contributed by atoms with van der Waals surface area (Å²) in [4.78, 5) is 20.3. The molecule has 1 aromatic carbocycles. The Kier molecular flexibility index (Phi) is 4.38. The Balaban J connectivity index is 1.55. The number of aliphatic hydroxyl groups is 1. The van der Waals surface area contributed by atoms with Crippen LogP contribution in [0.25, 0.3) is 10.6 Å². The van der Waals surface area contributed by atoms with Crippen molar-refractivity contribution in [2.75, 3.05) is 13.1 Å². The summed E-state index contributed by atoms with van der Waals surface area (Å²) in [5, 5.41) is 11.7. The van der Waals surface area contributed by atoms with E-state index in [9.17, 15) is 9.90 Å². The molecular weight excluding hydrogens is 332 g/mol. The molecule has 1 aromatic heterocycles. The van der Waals surface area contributed by atoms with Crippen molar-refractivity contribution in [3.05, 3.63) is 40.9 Å². The van der Waals surface area contributed by atoms with Crippen molar-refractivity contribution in [1.82, 2.24) is 9.88 Å². The zero-order chi connectivity index (χ0) is 17.4. The average molecular weight is 356 g/mol. The van der Waals surface area contributed by atoms with Crippen LogP contribution in [-0.2, 0) is 0 Å². The number of benzene rings is 1. The lowest BCUT2D eigenvalue weighted by Gasteiger charge is -2.47. The first-order valence-electron chi connectivity index (χ1n) is 9.11. The maximum Gasteiger partial charge on any atom is 0.265 e. The van der Waals surface area contributed by atoms with Crippen molar-refractivity contribution < 1.29 is 9.90 Å². The molecule has 0 radical (unpaired) electrons. The molecule has 25 heavy (non-hydrogen) atoms. The van der Waals surface area contributed by atoms with Gasteiger partial charge in [-0.3, -0.25) is 4.79 Å². The van der Waals surface area contributed by atoms with Crippen LogP contribution in [0.3, 0.4) is 0 Å². The molecule has 1 saturated carbocycles. The van der Waals surface area contributed by atoms with E-state index < -0.39 is 5.60 Å². The van der Waals surface area contributed by atoms with Gasteiger partial charge in [0.15, 0.2) is 0 Å². The predicted octanol–water partition coefficient (Wildman–Crippen LogP) is 3.89. The highest BCUT2D eigenvalue weighted by Gasteiger charge is 2.44. The van der Waals surface area contributed by atoms with Crippen LogP contribution in [0.4, 0.5) is 0 Å². The molecule has 1 aliphatic carbocycles. The standard InChI is InChI=1S/C20H24N2O2S/c1-14-17(25-18(21-14)15-7-3-2-4-8-15)19(23)22-12-11-20(24)10-6-5-9-16(20)13-22/h2-4,7-8,16,24H,5-6,9-13H2,1H3/t16-,20+/m0/s1. The lowest BCUT2D eigenvalue weighted by atomic mass is 9.71. The highest BCUT2D eigenvalue weighted by molar-refractivity contribution is 7.17. The van der Waals surface area contributed by atoms with Gasteiger partial charge in [0, 0.05) is 24.6 Å². The number of hydrogen-bond acceptors (Lipinski definition) is 4. The van der Waals surface area contributed by atoms with Gasteiger partial charge in [-0.05, 0) is 26.2 Å². The molecule has 4 rings (SSSR count). The van der Waals surface area contributed by atoms with Gasteiger partial charge in [-0.2, -0.15) is 0 Å². The third kappa shape index (κ3) is 3.11. The van der Waals surface area contributed by atoms with Gasteiger partial charge >= 0.3 is 0 Å². The minimum Gasteiger partial charge on any atom is -0.389 e. The zero-order valence-corrected chi connectivity index (χ0v) is 15.4. The number of amides is 1. The van der Waals surface area contributed by atoms with E-state index in [1.807, 2.05) is 42.2 Å². The predicted molar refractivity (Wildman–Crippen MR) is 99.7 cm³/mol. The van der Waals surface area contributed by atoms with Crippen LogP contribution < -0.4 is 0 Å². The molecule has 4 nitrogen and oxygen atoms in total. The Morgan fingerprint density at radius 1 is 1.28 bits per heavy atom. The summed E-state index contributed by atoms with van der Waals surface area (Å²) < 4.78 is 0. The number of carbonyl (C=O) groups is 1. The first kappa shape index (κ1) is 16.7. The summed E-state index contributed by atoms with van der Waals surface area (Å²) in [5.41, 5.74) is 1.31. The van der Waals surface area contributed by atoms with Crippen LogP contribution in [0.5, 0.6) is 0 Å². The minimum atomic E-state index is -0.549. The second kappa shape index (κ2) is 6.54. The fraction of sp³-hybridized carbons (Fsp3) is 0.500. The number of rotatable bonds is 2. The lowest BCUT2D eigenvalue weighted by Crippen LogP contribution is -2.54. The number of fused-ring (bicyclic) bond motifs is 1. The summed E-state index contributed by atoms with van der Waals surface area (Å²) in [7, 11) is 0. The van der Waals surface area contributed by atoms with E-state index in [1.165, 1.54) is 11.3 Å². The van der Waals surface area contributed by atoms with Gasteiger partial charge in [-0.25, -0.2) is 4.98 Å². The van der Waals surface area contributed by atoms with Crippen LogP contribution in [0.2, 0.25) is 0 Å². The average Bonchev–Trinajstić information content (AvgIpc) is 3.03. The molecule has 2 fully saturated rings. The van der Waals surface area contributed by atoms with Crippen LogP contribution in [0.15, 0.2) is 30.3 Å². The van der Waals surface area contributed by atoms with E-state index >= 15 is 0 Å². The van der Waals surface area contributed by atoms with Gasteiger partial charge < -0.3 is 10.0 Å². The van der Waals surface area contributed by atoms with Crippen molar-refractivity contribution >= 4 is 17.2 Å². The molecule has 1 saturated heterocycles. The second-order valence-electron chi connectivity index (χ2n) is 7.35. The summed E-state index contributed by atoms with van der Waals surface area (Å²) in [6.45, 7) is 3.23. The smallest absolute Gasteiger partial charge is 0.265 e. The van der Waals surface area contributed by atoms with Gasteiger partial charge in [0.2, 0.25) is 0 Å². The number of piperidine rings is 1. The van der Waals surface area contributed by atoms with Crippen LogP contribution in [-0.4, -0.2) is 39.6 Å². The Bertz CT molecular complexity index is 773. The molecule has 2 aromatic rings. The van der Waals surface area contributed by atoms with Crippen molar-refractivity contribution in [1.29, 1.82) is 0 Å². The highest BCUT2D eigenvalue weighted by atomic mass is 32.1. The van der Waals surface area contributed by atoms with E-state index in [1.54, 1.807) is 0 Å². The summed E-state index contributed by atoms with van der Waals surface area (Å²) in [5.74, 6) is 0.297. The van der Waals surface area contributed by atoms with Crippen LogP contribution in [0, 0.1) is 12.8 Å². The van der Waals surface area contributed by atoms with Crippen LogP contribution in [0.1, 0.15) is 47.5 Å². The Hall–Kier alpha value is -1.72. The molecule has 5 heteroatoms. The summed E-state index contributed by atoms with van der Waals surface area (Å²) in [6, 6.07) is 10.0. The molecule has 2 aliphatic rings. The molecule has 0 bridgehead atoms. The van der Waals surface area contributed by atoms with Gasteiger partial charge in [0.05, 0.1) is 11.3 Å². The van der Waals surface area contributed by atoms with Gasteiger partial charge in [-0.15, -0.1) is 11.3 Å². The number of thiazole rings is 1. The summed E-state index contributed by atoms with van der Waals surface area (Å²) in [6.07, 6.45) is 4.88. The molecule has 1 amide bonds. The number of carbonyl (C=O) groups excluding carboxylic acids is 1. The maximum absolute atomic E-state index is 13.1. The van der Waals surface area contributed by atoms with Crippen LogP contribution >= 0.6 is 11.3 Å². The SMILES string of the molecule is Cc1nc(-c2ccccc2)sc1C(=O)N1CC[C@]2(O)CCCC[C@H]2C1. The Morgan fingerprint density at radius 3 is 2.88 bits per heavy atom. The molecule has 2 atom stereocenters. The molecule has 2 heterocycles. The minimum absolute atomic E-state index is 0.0739. The maximum atomic E-state index is 13.1. The highest BCUT2D eigenvalue weighted by Crippen LogP contribution is 2.40. The van der Waals surface area contributed by atoms with Crippen molar-refractivity contribution in [3.8, 4) is 10.6 Å². The molecule has 0 spiro atoms. The number of likely N-dealkylation sites (tertiary alicyclic amines) is 1. The Labute approximate surface area is 152 Å². The first-order valence-corrected chi connectivity index (χ1v) is 9.93. The molecule has 1 N–H and O–H groups in total. The largest absolute Gasteiger partial charge is 0.389 e. The number of aromatic nitrogens is 1. The second-order valence-corrected chi connectivity index (χ2v) is 8.35.